The Labute approximate surface area is 137 Å². The van der Waals surface area contributed by atoms with Crippen LogP contribution in [0.15, 0.2) is 51.7 Å². The number of hydrogen-bond acceptors (Lipinski definition) is 4. The highest BCUT2D eigenvalue weighted by atomic mass is 35.5. The molecule has 0 fully saturated rings. The van der Waals surface area contributed by atoms with Crippen LogP contribution < -0.4 is 10.5 Å². The van der Waals surface area contributed by atoms with Crippen molar-refractivity contribution in [1.29, 1.82) is 0 Å². The molecule has 24 heavy (non-hydrogen) atoms. The molecule has 0 aliphatic rings. The minimum Gasteiger partial charge on any atom is -0.433 e. The van der Waals surface area contributed by atoms with Gasteiger partial charge in [0.05, 0.1) is 10.6 Å². The lowest BCUT2D eigenvalue weighted by atomic mass is 10.2. The topological polar surface area (TPSA) is 57.3 Å². The molecule has 3 aromatic rings. The zero-order valence-electron chi connectivity index (χ0n) is 11.7. The molecule has 0 aliphatic heterocycles. The molecule has 3 rings (SSSR count). The SMILES string of the molecule is O=c1oc(-c2c(F)cccc2Cl)nn1-c1ccccc1OC(F)F. The summed E-state index contributed by atoms with van der Waals surface area (Å²) in [7, 11) is 0. The molecule has 1 aromatic heterocycles. The van der Waals surface area contributed by atoms with Crippen molar-refractivity contribution in [2.45, 2.75) is 6.61 Å². The summed E-state index contributed by atoms with van der Waals surface area (Å²) >= 11 is 5.90. The standard InChI is InChI=1S/C15H8ClF3N2O3/c16-8-4-3-5-9(17)12(8)13-20-21(15(22)24-13)10-6-1-2-7-11(10)23-14(18)19/h1-7,14H. The molecule has 0 unspecified atom stereocenters. The van der Waals surface area contributed by atoms with Gasteiger partial charge in [-0.3, -0.25) is 0 Å². The maximum Gasteiger partial charge on any atom is 0.442 e. The Balaban J connectivity index is 2.13. The molecule has 124 valence electrons. The van der Waals surface area contributed by atoms with Gasteiger partial charge in [0.25, 0.3) is 5.89 Å². The van der Waals surface area contributed by atoms with E-state index in [9.17, 15) is 18.0 Å². The minimum atomic E-state index is -3.09. The number of benzene rings is 2. The number of nitrogens with zero attached hydrogens (tertiary/aromatic N) is 2. The first-order chi connectivity index (χ1) is 11.5. The molecule has 9 heteroatoms. The maximum atomic E-state index is 13.9. The van der Waals surface area contributed by atoms with Crippen molar-refractivity contribution in [3.63, 3.8) is 0 Å². The molecule has 0 spiro atoms. The molecule has 0 radical (unpaired) electrons. The third-order valence-corrected chi connectivity index (χ3v) is 3.35. The van der Waals surface area contributed by atoms with Crippen LogP contribution in [0.25, 0.3) is 17.1 Å². The molecule has 1 heterocycles. The van der Waals surface area contributed by atoms with Gasteiger partial charge in [-0.05, 0) is 24.3 Å². The highest BCUT2D eigenvalue weighted by Crippen LogP contribution is 2.29. The average Bonchev–Trinajstić information content (AvgIpc) is 2.88. The molecule has 2 aromatic carbocycles. The predicted molar refractivity (Wildman–Crippen MR) is 79.1 cm³/mol. The summed E-state index contributed by atoms with van der Waals surface area (Å²) in [6, 6.07) is 9.39. The van der Waals surface area contributed by atoms with Crippen LogP contribution >= 0.6 is 11.6 Å². The van der Waals surface area contributed by atoms with Crippen molar-refractivity contribution >= 4 is 11.6 Å². The van der Waals surface area contributed by atoms with Gasteiger partial charge in [0, 0.05) is 0 Å². The van der Waals surface area contributed by atoms with Crippen molar-refractivity contribution in [3.8, 4) is 22.9 Å². The Morgan fingerprint density at radius 1 is 1.17 bits per heavy atom. The molecule has 0 atom stereocenters. The number of halogens is 4. The van der Waals surface area contributed by atoms with E-state index in [1.54, 1.807) is 0 Å². The molecule has 5 nitrogen and oxygen atoms in total. The summed E-state index contributed by atoms with van der Waals surface area (Å²) in [6.45, 7) is -3.09. The van der Waals surface area contributed by atoms with Crippen molar-refractivity contribution in [3.05, 3.63) is 63.9 Å². The summed E-state index contributed by atoms with van der Waals surface area (Å²) in [5.74, 6) is -2.41. The summed E-state index contributed by atoms with van der Waals surface area (Å²) in [5.41, 5.74) is -0.285. The first-order valence-corrected chi connectivity index (χ1v) is 6.94. The van der Waals surface area contributed by atoms with E-state index >= 15 is 0 Å². The Morgan fingerprint density at radius 3 is 2.62 bits per heavy atom. The van der Waals surface area contributed by atoms with Gasteiger partial charge in [0.1, 0.15) is 11.5 Å². The van der Waals surface area contributed by atoms with E-state index in [4.69, 9.17) is 16.0 Å². The number of rotatable bonds is 4. The van der Waals surface area contributed by atoms with Gasteiger partial charge in [-0.1, -0.05) is 29.8 Å². The van der Waals surface area contributed by atoms with Crippen LogP contribution in [-0.2, 0) is 0 Å². The van der Waals surface area contributed by atoms with E-state index in [0.29, 0.717) is 4.68 Å². The van der Waals surface area contributed by atoms with Gasteiger partial charge < -0.3 is 9.15 Å². The quantitative estimate of drug-likeness (QED) is 0.711. The second-order valence-electron chi connectivity index (χ2n) is 4.53. The van der Waals surface area contributed by atoms with Gasteiger partial charge in [0.15, 0.2) is 5.75 Å². The molecule has 0 amide bonds. The van der Waals surface area contributed by atoms with Gasteiger partial charge in [-0.15, -0.1) is 5.10 Å². The number of aromatic nitrogens is 2. The highest BCUT2D eigenvalue weighted by molar-refractivity contribution is 6.33. The smallest absolute Gasteiger partial charge is 0.433 e. The van der Waals surface area contributed by atoms with E-state index in [1.165, 1.54) is 36.4 Å². The van der Waals surface area contributed by atoms with E-state index in [2.05, 4.69) is 9.84 Å². The lowest BCUT2D eigenvalue weighted by molar-refractivity contribution is -0.0499. The molecule has 0 aliphatic carbocycles. The zero-order chi connectivity index (χ0) is 17.3. The van der Waals surface area contributed by atoms with E-state index in [0.717, 1.165) is 6.07 Å². The lowest BCUT2D eigenvalue weighted by Gasteiger charge is -2.08. The van der Waals surface area contributed by atoms with Crippen LogP contribution in [0.5, 0.6) is 5.75 Å². The fraction of sp³-hybridized carbons (Fsp3) is 0.0667. The molecule has 0 N–H and O–H groups in total. The Morgan fingerprint density at radius 2 is 1.92 bits per heavy atom. The first-order valence-electron chi connectivity index (χ1n) is 6.56. The van der Waals surface area contributed by atoms with Crippen LogP contribution in [0.4, 0.5) is 13.2 Å². The van der Waals surface area contributed by atoms with E-state index < -0.39 is 18.2 Å². The first kappa shape index (κ1) is 16.1. The van der Waals surface area contributed by atoms with E-state index in [-0.39, 0.29) is 27.9 Å². The summed E-state index contributed by atoms with van der Waals surface area (Å²) in [6.07, 6.45) is 0. The van der Waals surface area contributed by atoms with Gasteiger partial charge in [-0.2, -0.15) is 13.5 Å². The van der Waals surface area contributed by atoms with Gasteiger partial charge in [-0.25, -0.2) is 9.18 Å². The largest absolute Gasteiger partial charge is 0.442 e. The van der Waals surface area contributed by atoms with Crippen LogP contribution in [0, 0.1) is 5.82 Å². The second kappa shape index (κ2) is 6.40. The number of hydrogen-bond donors (Lipinski definition) is 0. The fourth-order valence-electron chi connectivity index (χ4n) is 2.06. The second-order valence-corrected chi connectivity index (χ2v) is 4.94. The third kappa shape index (κ3) is 3.00. The Hall–Kier alpha value is -2.74. The molecular weight excluding hydrogens is 349 g/mol. The minimum absolute atomic E-state index is 0.0134. The molecular formula is C15H8ClF3N2O3. The van der Waals surface area contributed by atoms with Crippen LogP contribution in [-0.4, -0.2) is 16.4 Å². The Kier molecular flexibility index (Phi) is 4.30. The lowest BCUT2D eigenvalue weighted by Crippen LogP contribution is -2.15. The number of para-hydroxylation sites is 2. The van der Waals surface area contributed by atoms with Crippen LogP contribution in [0.3, 0.4) is 0 Å². The molecule has 0 bridgehead atoms. The normalized spacial score (nSPS) is 11.0. The van der Waals surface area contributed by atoms with Gasteiger partial charge >= 0.3 is 12.4 Å². The fourth-order valence-corrected chi connectivity index (χ4v) is 2.30. The summed E-state index contributed by atoms with van der Waals surface area (Å²) < 4.78 is 48.8. The monoisotopic (exact) mass is 356 g/mol. The third-order valence-electron chi connectivity index (χ3n) is 3.03. The van der Waals surface area contributed by atoms with Crippen molar-refractivity contribution < 1.29 is 22.3 Å². The average molecular weight is 357 g/mol. The highest BCUT2D eigenvalue weighted by Gasteiger charge is 2.20. The van der Waals surface area contributed by atoms with Crippen molar-refractivity contribution in [2.24, 2.45) is 0 Å². The summed E-state index contributed by atoms with van der Waals surface area (Å²) in [5, 5.41) is 3.81. The van der Waals surface area contributed by atoms with Crippen molar-refractivity contribution in [2.75, 3.05) is 0 Å². The maximum absolute atomic E-state index is 13.9. The Bertz CT molecular complexity index is 919. The van der Waals surface area contributed by atoms with Crippen molar-refractivity contribution in [1.82, 2.24) is 9.78 Å². The van der Waals surface area contributed by atoms with Crippen LogP contribution in [0.2, 0.25) is 5.02 Å². The number of alkyl halides is 2. The molecule has 0 saturated heterocycles. The molecule has 0 saturated carbocycles. The van der Waals surface area contributed by atoms with E-state index in [1.807, 2.05) is 0 Å². The zero-order valence-corrected chi connectivity index (χ0v) is 12.5. The predicted octanol–water partition coefficient (Wildman–Crippen LogP) is 3.89. The van der Waals surface area contributed by atoms with Crippen LogP contribution in [0.1, 0.15) is 0 Å². The van der Waals surface area contributed by atoms with Gasteiger partial charge in [0.2, 0.25) is 0 Å². The number of ether oxygens (including phenoxy) is 1. The summed E-state index contributed by atoms with van der Waals surface area (Å²) in [4.78, 5) is 12.0.